The van der Waals surface area contributed by atoms with E-state index in [0.29, 0.717) is 30.3 Å². The number of carbonyl (C=O) groups excluding carboxylic acids is 1. The Bertz CT molecular complexity index is 700. The van der Waals surface area contributed by atoms with Gasteiger partial charge in [0.2, 0.25) is 0 Å². The number of aliphatic hydroxyl groups excluding tert-OH is 1. The average Bonchev–Trinajstić information content (AvgIpc) is 3.23. The number of thiophene rings is 1. The molecule has 0 bridgehead atoms. The second kappa shape index (κ2) is 9.80. The summed E-state index contributed by atoms with van der Waals surface area (Å²) in [6.07, 6.45) is 1.25. The van der Waals surface area contributed by atoms with Crippen molar-refractivity contribution in [3.05, 3.63) is 40.7 Å². The van der Waals surface area contributed by atoms with Crippen molar-refractivity contribution in [2.75, 3.05) is 56.2 Å². The predicted octanol–water partition coefficient (Wildman–Crippen LogP) is 1.91. The molecule has 27 heavy (non-hydrogen) atoms. The number of aliphatic hydroxyl groups is 1. The first kappa shape index (κ1) is 19.8. The van der Waals surface area contributed by atoms with E-state index in [9.17, 15) is 9.90 Å². The van der Waals surface area contributed by atoms with Gasteiger partial charge in [0.1, 0.15) is 5.82 Å². The van der Waals surface area contributed by atoms with Gasteiger partial charge in [-0.1, -0.05) is 6.07 Å². The van der Waals surface area contributed by atoms with Crippen molar-refractivity contribution in [1.29, 1.82) is 0 Å². The van der Waals surface area contributed by atoms with Gasteiger partial charge in [0.15, 0.2) is 0 Å². The number of hydrogen-bond acceptors (Lipinski definition) is 7. The normalized spacial score (nSPS) is 16.3. The Morgan fingerprint density at radius 2 is 2.15 bits per heavy atom. The van der Waals surface area contributed by atoms with Crippen LogP contribution >= 0.6 is 11.3 Å². The zero-order valence-electron chi connectivity index (χ0n) is 15.5. The number of piperazine rings is 1. The Balaban J connectivity index is 1.46. The van der Waals surface area contributed by atoms with E-state index >= 15 is 0 Å². The number of β-amino-alcohol motifs (C(OH)–C–C–N with tert-alkyl or cyclic N) is 1. The molecule has 0 aromatic carbocycles. The van der Waals surface area contributed by atoms with Gasteiger partial charge in [0.05, 0.1) is 29.5 Å². The van der Waals surface area contributed by atoms with Crippen LogP contribution in [-0.2, 0) is 4.74 Å². The molecule has 146 valence electrons. The van der Waals surface area contributed by atoms with Crippen molar-refractivity contribution >= 4 is 28.7 Å². The third-order valence-electron chi connectivity index (χ3n) is 4.43. The lowest BCUT2D eigenvalue weighted by Gasteiger charge is -2.36. The average molecular weight is 391 g/mol. The Morgan fingerprint density at radius 1 is 1.33 bits per heavy atom. The number of amides is 1. The van der Waals surface area contributed by atoms with Crippen molar-refractivity contribution < 1.29 is 14.6 Å². The zero-order chi connectivity index (χ0) is 19.1. The maximum absolute atomic E-state index is 12.1. The molecule has 1 saturated heterocycles. The van der Waals surface area contributed by atoms with Gasteiger partial charge in [-0.15, -0.1) is 11.3 Å². The van der Waals surface area contributed by atoms with Crippen molar-refractivity contribution in [3.63, 3.8) is 0 Å². The third kappa shape index (κ3) is 5.74. The molecule has 7 nitrogen and oxygen atoms in total. The molecule has 2 aromatic heterocycles. The third-order valence-corrected chi connectivity index (χ3v) is 5.30. The van der Waals surface area contributed by atoms with Crippen molar-refractivity contribution in [2.24, 2.45) is 0 Å². The van der Waals surface area contributed by atoms with Crippen molar-refractivity contribution in [3.8, 4) is 0 Å². The van der Waals surface area contributed by atoms with Crippen LogP contribution in [-0.4, -0.2) is 72.9 Å². The largest absolute Gasteiger partial charge is 0.389 e. The molecule has 0 spiro atoms. The summed E-state index contributed by atoms with van der Waals surface area (Å²) in [6, 6.07) is 7.47. The fourth-order valence-electron chi connectivity index (χ4n) is 3.01. The molecule has 3 heterocycles. The van der Waals surface area contributed by atoms with E-state index in [0.717, 1.165) is 32.0 Å². The summed E-state index contributed by atoms with van der Waals surface area (Å²) >= 11 is 1.41. The number of aromatic nitrogens is 1. The topological polar surface area (TPSA) is 77.9 Å². The highest BCUT2D eigenvalue weighted by Crippen LogP contribution is 2.18. The first-order valence-corrected chi connectivity index (χ1v) is 10.1. The summed E-state index contributed by atoms with van der Waals surface area (Å²) in [5, 5.41) is 14.7. The minimum Gasteiger partial charge on any atom is -0.389 e. The van der Waals surface area contributed by atoms with Crippen LogP contribution in [0.2, 0.25) is 0 Å². The molecule has 3 rings (SSSR count). The SMILES string of the molecule is CCOCC(O)CN1CCN(c2ccc(NC(=O)c3cccs3)cn2)CC1. The standard InChI is InChI=1S/C19H26N4O3S/c1-2-26-14-16(24)13-22-7-9-23(10-8-22)18-6-5-15(12-20-18)21-19(25)17-4-3-11-27-17/h3-6,11-12,16,24H,2,7-10,13-14H2,1H3,(H,21,25). The minimum absolute atomic E-state index is 0.112. The highest BCUT2D eigenvalue weighted by Gasteiger charge is 2.20. The fraction of sp³-hybridized carbons (Fsp3) is 0.474. The number of rotatable bonds is 8. The van der Waals surface area contributed by atoms with E-state index in [4.69, 9.17) is 4.74 Å². The molecular weight excluding hydrogens is 364 g/mol. The van der Waals surface area contributed by atoms with Crippen LogP contribution in [0.4, 0.5) is 11.5 Å². The van der Waals surface area contributed by atoms with Crippen LogP contribution in [0, 0.1) is 0 Å². The quantitative estimate of drug-likeness (QED) is 0.717. The van der Waals surface area contributed by atoms with Crippen LogP contribution < -0.4 is 10.2 Å². The van der Waals surface area contributed by atoms with Gasteiger partial charge in [-0.25, -0.2) is 4.98 Å². The maximum atomic E-state index is 12.1. The first-order chi connectivity index (χ1) is 13.2. The Labute approximate surface area is 163 Å². The van der Waals surface area contributed by atoms with E-state index in [1.807, 2.05) is 30.5 Å². The molecule has 1 aliphatic heterocycles. The Kier molecular flexibility index (Phi) is 7.17. The van der Waals surface area contributed by atoms with Gasteiger partial charge in [0, 0.05) is 39.3 Å². The monoisotopic (exact) mass is 390 g/mol. The van der Waals surface area contributed by atoms with E-state index in [1.54, 1.807) is 12.3 Å². The van der Waals surface area contributed by atoms with Crippen LogP contribution in [0.25, 0.3) is 0 Å². The predicted molar refractivity (Wildman–Crippen MR) is 108 cm³/mol. The second-order valence-corrected chi connectivity index (χ2v) is 7.39. The highest BCUT2D eigenvalue weighted by molar-refractivity contribution is 7.12. The van der Waals surface area contributed by atoms with Crippen LogP contribution in [0.3, 0.4) is 0 Å². The van der Waals surface area contributed by atoms with Crippen LogP contribution in [0.1, 0.15) is 16.6 Å². The molecule has 1 amide bonds. The highest BCUT2D eigenvalue weighted by atomic mass is 32.1. The van der Waals surface area contributed by atoms with Crippen LogP contribution in [0.15, 0.2) is 35.8 Å². The van der Waals surface area contributed by atoms with Gasteiger partial charge in [-0.3, -0.25) is 9.69 Å². The number of ether oxygens (including phenoxy) is 1. The lowest BCUT2D eigenvalue weighted by atomic mass is 10.2. The number of pyridine rings is 1. The number of carbonyl (C=O) groups is 1. The molecule has 1 atom stereocenters. The van der Waals surface area contributed by atoms with Gasteiger partial charge in [-0.2, -0.15) is 0 Å². The Hall–Kier alpha value is -2.00. The summed E-state index contributed by atoms with van der Waals surface area (Å²) < 4.78 is 5.26. The van der Waals surface area contributed by atoms with E-state index in [2.05, 4.69) is 20.1 Å². The molecule has 8 heteroatoms. The van der Waals surface area contributed by atoms with Gasteiger partial charge >= 0.3 is 0 Å². The molecular formula is C19H26N4O3S. The summed E-state index contributed by atoms with van der Waals surface area (Å²) in [5.74, 6) is 0.789. The zero-order valence-corrected chi connectivity index (χ0v) is 16.3. The Morgan fingerprint density at radius 3 is 2.78 bits per heavy atom. The van der Waals surface area contributed by atoms with Gasteiger partial charge in [0.25, 0.3) is 5.91 Å². The van der Waals surface area contributed by atoms with Crippen molar-refractivity contribution in [1.82, 2.24) is 9.88 Å². The first-order valence-electron chi connectivity index (χ1n) is 9.19. The van der Waals surface area contributed by atoms with Gasteiger partial charge in [-0.05, 0) is 30.5 Å². The summed E-state index contributed by atoms with van der Waals surface area (Å²) in [5.41, 5.74) is 0.690. The lowest BCUT2D eigenvalue weighted by Crippen LogP contribution is -2.49. The molecule has 0 radical (unpaired) electrons. The molecule has 2 aromatic rings. The van der Waals surface area contributed by atoms with Crippen molar-refractivity contribution in [2.45, 2.75) is 13.0 Å². The van der Waals surface area contributed by atoms with Crippen LogP contribution in [0.5, 0.6) is 0 Å². The molecule has 1 aliphatic rings. The molecule has 0 aliphatic carbocycles. The van der Waals surface area contributed by atoms with E-state index in [-0.39, 0.29) is 5.91 Å². The van der Waals surface area contributed by atoms with E-state index in [1.165, 1.54) is 11.3 Å². The molecule has 2 N–H and O–H groups in total. The molecule has 1 unspecified atom stereocenters. The van der Waals surface area contributed by atoms with Gasteiger partial charge < -0.3 is 20.1 Å². The number of anilines is 2. The summed E-state index contributed by atoms with van der Waals surface area (Å²) in [6.45, 7) is 7.04. The number of hydrogen-bond donors (Lipinski definition) is 2. The molecule has 0 saturated carbocycles. The van der Waals surface area contributed by atoms with E-state index < -0.39 is 6.10 Å². The lowest BCUT2D eigenvalue weighted by molar-refractivity contribution is 0.0202. The number of nitrogens with zero attached hydrogens (tertiary/aromatic N) is 3. The minimum atomic E-state index is -0.444. The smallest absolute Gasteiger partial charge is 0.265 e. The molecule has 1 fully saturated rings. The maximum Gasteiger partial charge on any atom is 0.265 e. The summed E-state index contributed by atoms with van der Waals surface area (Å²) in [4.78, 5) is 21.7. The summed E-state index contributed by atoms with van der Waals surface area (Å²) in [7, 11) is 0. The number of nitrogens with one attached hydrogen (secondary N) is 1. The fourth-order valence-corrected chi connectivity index (χ4v) is 3.63. The second-order valence-electron chi connectivity index (χ2n) is 6.44.